The largest absolute Gasteiger partial charge is 0.497 e. The van der Waals surface area contributed by atoms with Crippen LogP contribution < -0.4 is 19.5 Å². The number of nitrogens with zero attached hydrogens (tertiary/aromatic N) is 2. The Kier molecular flexibility index (Phi) is 8.22. The minimum absolute atomic E-state index is 0.105. The van der Waals surface area contributed by atoms with Crippen LogP contribution in [0.25, 0.3) is 11.0 Å². The molecule has 0 aliphatic rings. The Labute approximate surface area is 205 Å². The second-order valence-corrected chi connectivity index (χ2v) is 8.14. The fourth-order valence-corrected chi connectivity index (χ4v) is 3.98. The van der Waals surface area contributed by atoms with Gasteiger partial charge in [-0.3, -0.25) is 4.79 Å². The molecule has 0 radical (unpaired) electrons. The summed E-state index contributed by atoms with van der Waals surface area (Å²) >= 11 is 0. The van der Waals surface area contributed by atoms with E-state index in [9.17, 15) is 4.79 Å². The molecule has 0 atom stereocenters. The zero-order valence-electron chi connectivity index (χ0n) is 20.2. The number of amides is 1. The number of aryl methyl sites for hydroxylation is 2. The van der Waals surface area contributed by atoms with Crippen molar-refractivity contribution < 1.29 is 19.0 Å². The Balaban J connectivity index is 1.32. The molecule has 182 valence electrons. The molecule has 0 aliphatic carbocycles. The van der Waals surface area contributed by atoms with Crippen LogP contribution >= 0.6 is 0 Å². The number of methoxy groups -OCH3 is 2. The fourth-order valence-electron chi connectivity index (χ4n) is 3.98. The molecule has 0 spiro atoms. The van der Waals surface area contributed by atoms with Crippen LogP contribution in [0.4, 0.5) is 0 Å². The van der Waals surface area contributed by atoms with E-state index in [-0.39, 0.29) is 5.91 Å². The molecular formula is C28H31N3O4. The van der Waals surface area contributed by atoms with Crippen molar-refractivity contribution in [3.8, 4) is 17.2 Å². The maximum absolute atomic E-state index is 12.5. The molecule has 1 heterocycles. The van der Waals surface area contributed by atoms with E-state index in [4.69, 9.17) is 19.2 Å². The predicted molar refractivity (Wildman–Crippen MR) is 136 cm³/mol. The van der Waals surface area contributed by atoms with Crippen LogP contribution in [0.15, 0.2) is 72.8 Å². The minimum Gasteiger partial charge on any atom is -0.497 e. The van der Waals surface area contributed by atoms with E-state index in [1.54, 1.807) is 26.4 Å². The maximum Gasteiger partial charge on any atom is 0.251 e. The number of aromatic nitrogens is 2. The molecule has 4 rings (SSSR count). The molecule has 3 aromatic carbocycles. The van der Waals surface area contributed by atoms with Crippen molar-refractivity contribution in [3.05, 3.63) is 84.2 Å². The lowest BCUT2D eigenvalue weighted by Crippen LogP contribution is -2.25. The maximum atomic E-state index is 12.5. The highest BCUT2D eigenvalue weighted by Crippen LogP contribution is 2.20. The highest BCUT2D eigenvalue weighted by molar-refractivity contribution is 5.94. The number of carbonyl (C=O) groups is 1. The van der Waals surface area contributed by atoms with Crippen molar-refractivity contribution in [3.63, 3.8) is 0 Å². The van der Waals surface area contributed by atoms with Gasteiger partial charge in [-0.2, -0.15) is 0 Å². The van der Waals surface area contributed by atoms with Gasteiger partial charge in [0.1, 0.15) is 23.1 Å². The van der Waals surface area contributed by atoms with Gasteiger partial charge in [-0.25, -0.2) is 4.98 Å². The van der Waals surface area contributed by atoms with Crippen LogP contribution in [0.5, 0.6) is 17.2 Å². The number of fused-ring (bicyclic) bond motifs is 1. The number of rotatable bonds is 12. The third-order valence-electron chi connectivity index (χ3n) is 5.76. The number of benzene rings is 3. The van der Waals surface area contributed by atoms with Crippen molar-refractivity contribution in [1.82, 2.24) is 14.9 Å². The van der Waals surface area contributed by atoms with E-state index in [0.29, 0.717) is 24.5 Å². The van der Waals surface area contributed by atoms with Gasteiger partial charge in [0, 0.05) is 31.1 Å². The van der Waals surface area contributed by atoms with Gasteiger partial charge in [-0.1, -0.05) is 24.3 Å². The van der Waals surface area contributed by atoms with E-state index in [1.807, 2.05) is 54.6 Å². The van der Waals surface area contributed by atoms with Crippen LogP contribution in [0.1, 0.15) is 29.0 Å². The SMILES string of the molecule is COc1cccc(OCCCn2c(CCCNC(=O)c3cccc(OC)c3)nc3ccccc32)c1. The molecule has 1 N–H and O–H groups in total. The summed E-state index contributed by atoms with van der Waals surface area (Å²) in [7, 11) is 3.24. The molecule has 0 fully saturated rings. The van der Waals surface area contributed by atoms with Crippen molar-refractivity contribution in [2.24, 2.45) is 0 Å². The first-order valence-corrected chi connectivity index (χ1v) is 11.8. The number of para-hydroxylation sites is 2. The minimum atomic E-state index is -0.105. The average molecular weight is 474 g/mol. The normalized spacial score (nSPS) is 10.8. The molecule has 0 bridgehead atoms. The highest BCUT2D eigenvalue weighted by atomic mass is 16.5. The number of imidazole rings is 1. The van der Waals surface area contributed by atoms with Crippen LogP contribution in [0.3, 0.4) is 0 Å². The molecular weight excluding hydrogens is 442 g/mol. The molecule has 0 aliphatic heterocycles. The smallest absolute Gasteiger partial charge is 0.251 e. The van der Waals surface area contributed by atoms with Crippen molar-refractivity contribution in [2.75, 3.05) is 27.4 Å². The van der Waals surface area contributed by atoms with Gasteiger partial charge >= 0.3 is 0 Å². The van der Waals surface area contributed by atoms with Crippen molar-refractivity contribution in [2.45, 2.75) is 25.8 Å². The Morgan fingerprint density at radius 1 is 0.886 bits per heavy atom. The molecule has 0 unspecified atom stereocenters. The van der Waals surface area contributed by atoms with Gasteiger partial charge in [0.25, 0.3) is 5.91 Å². The molecule has 0 saturated carbocycles. The Morgan fingerprint density at radius 3 is 2.46 bits per heavy atom. The standard InChI is InChI=1S/C28H31N3O4/c1-33-22-10-5-9-21(19-22)28(32)29-16-7-15-27-30-25-13-3-4-14-26(25)31(27)17-8-18-35-24-12-6-11-23(20-24)34-2/h3-6,9-14,19-20H,7-8,15-18H2,1-2H3,(H,29,32). The Morgan fingerprint density at radius 2 is 1.63 bits per heavy atom. The molecule has 1 aromatic heterocycles. The zero-order valence-corrected chi connectivity index (χ0v) is 20.2. The summed E-state index contributed by atoms with van der Waals surface area (Å²) in [6, 6.07) is 23.0. The van der Waals surface area contributed by atoms with Crippen molar-refractivity contribution in [1.29, 1.82) is 0 Å². The second kappa shape index (κ2) is 11.9. The summed E-state index contributed by atoms with van der Waals surface area (Å²) in [5.74, 6) is 3.16. The van der Waals surface area contributed by atoms with E-state index < -0.39 is 0 Å². The predicted octanol–water partition coefficient (Wildman–Crippen LogP) is 4.89. The summed E-state index contributed by atoms with van der Waals surface area (Å²) in [5, 5.41) is 2.99. The topological polar surface area (TPSA) is 74.6 Å². The summed E-state index contributed by atoms with van der Waals surface area (Å²) in [6.07, 6.45) is 2.40. The first-order valence-electron chi connectivity index (χ1n) is 11.8. The highest BCUT2D eigenvalue weighted by Gasteiger charge is 2.11. The molecule has 1 amide bonds. The van der Waals surface area contributed by atoms with Crippen molar-refractivity contribution >= 4 is 16.9 Å². The average Bonchev–Trinajstić information content (AvgIpc) is 3.26. The van der Waals surface area contributed by atoms with Gasteiger partial charge in [-0.05, 0) is 55.3 Å². The van der Waals surface area contributed by atoms with Gasteiger partial charge in [0.2, 0.25) is 0 Å². The van der Waals surface area contributed by atoms with Crippen LogP contribution in [0.2, 0.25) is 0 Å². The van der Waals surface area contributed by atoms with E-state index >= 15 is 0 Å². The number of carbonyl (C=O) groups excluding carboxylic acids is 1. The monoisotopic (exact) mass is 473 g/mol. The number of hydrogen-bond acceptors (Lipinski definition) is 5. The quantitative estimate of drug-likeness (QED) is 0.297. The summed E-state index contributed by atoms with van der Waals surface area (Å²) < 4.78 is 18.6. The lowest BCUT2D eigenvalue weighted by Gasteiger charge is -2.11. The van der Waals surface area contributed by atoms with Gasteiger partial charge in [0.15, 0.2) is 0 Å². The van der Waals surface area contributed by atoms with Crippen LogP contribution in [-0.2, 0) is 13.0 Å². The zero-order chi connectivity index (χ0) is 24.5. The summed E-state index contributed by atoms with van der Waals surface area (Å²) in [4.78, 5) is 17.3. The third kappa shape index (κ3) is 6.32. The number of hydrogen-bond donors (Lipinski definition) is 1. The lowest BCUT2D eigenvalue weighted by atomic mass is 10.2. The van der Waals surface area contributed by atoms with Gasteiger partial charge in [0.05, 0.1) is 31.9 Å². The lowest BCUT2D eigenvalue weighted by molar-refractivity contribution is 0.0952. The Hall–Kier alpha value is -4.00. The van der Waals surface area contributed by atoms with Crippen LogP contribution in [-0.4, -0.2) is 42.8 Å². The van der Waals surface area contributed by atoms with E-state index in [1.165, 1.54) is 0 Å². The molecule has 0 saturated heterocycles. The van der Waals surface area contributed by atoms with E-state index in [0.717, 1.165) is 54.2 Å². The van der Waals surface area contributed by atoms with Gasteiger partial charge < -0.3 is 24.1 Å². The molecule has 4 aromatic rings. The number of nitrogens with one attached hydrogen (secondary N) is 1. The fraction of sp³-hybridized carbons (Fsp3) is 0.286. The summed E-state index contributed by atoms with van der Waals surface area (Å²) in [6.45, 7) is 1.96. The van der Waals surface area contributed by atoms with Crippen LogP contribution in [0, 0.1) is 0 Å². The second-order valence-electron chi connectivity index (χ2n) is 8.14. The molecule has 7 nitrogen and oxygen atoms in total. The third-order valence-corrected chi connectivity index (χ3v) is 5.76. The number of ether oxygens (including phenoxy) is 3. The molecule has 35 heavy (non-hydrogen) atoms. The van der Waals surface area contributed by atoms with E-state index in [2.05, 4.69) is 16.0 Å². The molecule has 7 heteroatoms. The first-order chi connectivity index (χ1) is 17.2. The first kappa shape index (κ1) is 24.1. The summed E-state index contributed by atoms with van der Waals surface area (Å²) in [5.41, 5.74) is 2.69. The van der Waals surface area contributed by atoms with Gasteiger partial charge in [-0.15, -0.1) is 0 Å². The Bertz CT molecular complexity index is 1270.